The van der Waals surface area contributed by atoms with Gasteiger partial charge in [0.2, 0.25) is 11.7 Å². The minimum absolute atomic E-state index is 0.382. The highest BCUT2D eigenvalue weighted by atomic mass is 35.5. The van der Waals surface area contributed by atoms with E-state index in [0.29, 0.717) is 39.2 Å². The lowest BCUT2D eigenvalue weighted by atomic mass is 9.89. The SMILES string of the molecule is COc1ccc([C@@H]2[C@H]3C(=O)N(c4cccc(Cl)c4)C(=O)[C@@H]3ON2c2ccccc2)c(OC)c1OC. The molecule has 180 valence electrons. The predicted octanol–water partition coefficient (Wildman–Crippen LogP) is 4.42. The average molecular weight is 495 g/mol. The third kappa shape index (κ3) is 3.66. The molecule has 0 aromatic heterocycles. The number of halogens is 1. The van der Waals surface area contributed by atoms with E-state index in [4.69, 9.17) is 30.6 Å². The molecule has 0 radical (unpaired) electrons. The van der Waals surface area contributed by atoms with Crippen molar-refractivity contribution in [3.05, 3.63) is 77.3 Å². The highest BCUT2D eigenvalue weighted by Gasteiger charge is 2.61. The van der Waals surface area contributed by atoms with E-state index in [-0.39, 0.29) is 5.91 Å². The molecule has 8 nitrogen and oxygen atoms in total. The summed E-state index contributed by atoms with van der Waals surface area (Å²) in [5.41, 5.74) is 1.71. The van der Waals surface area contributed by atoms with Gasteiger partial charge in [0.25, 0.3) is 5.91 Å². The fourth-order valence-corrected chi connectivity index (χ4v) is 4.94. The number of methoxy groups -OCH3 is 3. The Hall–Kier alpha value is -3.75. The molecule has 5 rings (SSSR count). The number of para-hydroxylation sites is 1. The number of carbonyl (C=O) groups is 2. The van der Waals surface area contributed by atoms with E-state index in [0.717, 1.165) is 4.90 Å². The summed E-state index contributed by atoms with van der Waals surface area (Å²) < 4.78 is 16.7. The van der Waals surface area contributed by atoms with Gasteiger partial charge in [0, 0.05) is 10.6 Å². The number of anilines is 2. The first kappa shape index (κ1) is 23.0. The first-order valence-electron chi connectivity index (χ1n) is 10.9. The smallest absolute Gasteiger partial charge is 0.266 e. The van der Waals surface area contributed by atoms with Gasteiger partial charge in [-0.05, 0) is 42.5 Å². The molecule has 3 aromatic rings. The van der Waals surface area contributed by atoms with Crippen LogP contribution in [0.15, 0.2) is 66.7 Å². The van der Waals surface area contributed by atoms with Crippen molar-refractivity contribution in [1.29, 1.82) is 0 Å². The minimum Gasteiger partial charge on any atom is -0.493 e. The van der Waals surface area contributed by atoms with Crippen molar-refractivity contribution in [2.24, 2.45) is 5.92 Å². The Kier molecular flexibility index (Phi) is 6.00. The second kappa shape index (κ2) is 9.13. The molecule has 2 aliphatic rings. The fraction of sp³-hybridized carbons (Fsp3) is 0.231. The largest absolute Gasteiger partial charge is 0.493 e. The zero-order valence-corrected chi connectivity index (χ0v) is 20.1. The van der Waals surface area contributed by atoms with Gasteiger partial charge >= 0.3 is 0 Å². The van der Waals surface area contributed by atoms with Gasteiger partial charge in [-0.25, -0.2) is 9.96 Å². The molecule has 35 heavy (non-hydrogen) atoms. The fourth-order valence-electron chi connectivity index (χ4n) is 4.76. The van der Waals surface area contributed by atoms with Crippen LogP contribution < -0.4 is 24.2 Å². The second-order valence-corrected chi connectivity index (χ2v) is 8.51. The number of ether oxygens (including phenoxy) is 3. The van der Waals surface area contributed by atoms with Crippen molar-refractivity contribution in [3.8, 4) is 17.2 Å². The van der Waals surface area contributed by atoms with Crippen LogP contribution in [-0.4, -0.2) is 39.2 Å². The molecule has 9 heteroatoms. The Morgan fingerprint density at radius 1 is 0.800 bits per heavy atom. The summed E-state index contributed by atoms with van der Waals surface area (Å²) in [7, 11) is 4.56. The van der Waals surface area contributed by atoms with Crippen molar-refractivity contribution in [3.63, 3.8) is 0 Å². The zero-order chi connectivity index (χ0) is 24.7. The molecule has 2 fully saturated rings. The minimum atomic E-state index is -1.02. The van der Waals surface area contributed by atoms with Gasteiger partial charge in [0.1, 0.15) is 12.0 Å². The number of rotatable bonds is 6. The molecule has 0 aliphatic carbocycles. The van der Waals surface area contributed by atoms with Crippen molar-refractivity contribution < 1.29 is 28.6 Å². The van der Waals surface area contributed by atoms with E-state index >= 15 is 0 Å². The van der Waals surface area contributed by atoms with Crippen LogP contribution in [0.2, 0.25) is 5.02 Å². The van der Waals surface area contributed by atoms with Gasteiger partial charge in [-0.2, -0.15) is 0 Å². The quantitative estimate of drug-likeness (QED) is 0.469. The lowest BCUT2D eigenvalue weighted by molar-refractivity contribution is -0.126. The maximum absolute atomic E-state index is 13.8. The van der Waals surface area contributed by atoms with E-state index < -0.39 is 24.0 Å². The number of nitrogens with zero attached hydrogens (tertiary/aromatic N) is 2. The number of fused-ring (bicyclic) bond motifs is 1. The molecular weight excluding hydrogens is 472 g/mol. The molecule has 2 saturated heterocycles. The topological polar surface area (TPSA) is 77.5 Å². The lowest BCUT2D eigenvalue weighted by Crippen LogP contribution is -2.37. The number of hydrogen-bond acceptors (Lipinski definition) is 7. The van der Waals surface area contributed by atoms with Crippen LogP contribution in [0.4, 0.5) is 11.4 Å². The summed E-state index contributed by atoms with van der Waals surface area (Å²) >= 11 is 6.14. The molecule has 0 spiro atoms. The van der Waals surface area contributed by atoms with Crippen LogP contribution in [0.25, 0.3) is 0 Å². The lowest BCUT2D eigenvalue weighted by Gasteiger charge is -2.30. The predicted molar refractivity (Wildman–Crippen MR) is 130 cm³/mol. The van der Waals surface area contributed by atoms with E-state index in [9.17, 15) is 9.59 Å². The Morgan fingerprint density at radius 2 is 1.51 bits per heavy atom. The summed E-state index contributed by atoms with van der Waals surface area (Å²) in [5, 5.41) is 2.02. The van der Waals surface area contributed by atoms with Crippen molar-refractivity contribution in [1.82, 2.24) is 0 Å². The van der Waals surface area contributed by atoms with Gasteiger partial charge in [-0.3, -0.25) is 14.4 Å². The molecule has 0 bridgehead atoms. The molecule has 0 saturated carbocycles. The van der Waals surface area contributed by atoms with E-state index in [1.165, 1.54) is 21.3 Å². The van der Waals surface area contributed by atoms with Crippen LogP contribution in [0, 0.1) is 5.92 Å². The van der Waals surface area contributed by atoms with Gasteiger partial charge in [0.15, 0.2) is 17.6 Å². The van der Waals surface area contributed by atoms with Crippen molar-refractivity contribution >= 4 is 34.8 Å². The first-order valence-corrected chi connectivity index (χ1v) is 11.3. The van der Waals surface area contributed by atoms with Crippen molar-refractivity contribution in [2.75, 3.05) is 31.3 Å². The zero-order valence-electron chi connectivity index (χ0n) is 19.3. The van der Waals surface area contributed by atoms with Crippen molar-refractivity contribution in [2.45, 2.75) is 12.1 Å². The third-order valence-electron chi connectivity index (χ3n) is 6.25. The van der Waals surface area contributed by atoms with Gasteiger partial charge in [-0.1, -0.05) is 35.9 Å². The number of benzene rings is 3. The maximum Gasteiger partial charge on any atom is 0.266 e. The molecule has 2 amide bonds. The normalized spacial score (nSPS) is 21.3. The number of amides is 2. The summed E-state index contributed by atoms with van der Waals surface area (Å²) in [5.74, 6) is -0.429. The standard InChI is InChI=1S/C26H23ClN2O6/c1-32-19-13-12-18(22(33-2)23(19)34-3)21-20-24(35-29(21)16-9-5-4-6-10-16)26(31)28(25(20)30)17-11-7-8-15(27)14-17/h4-14,20-21,24H,1-3H3/t20-,21-,24-/m1/s1. The van der Waals surface area contributed by atoms with Gasteiger partial charge in [0.05, 0.1) is 32.7 Å². The molecule has 3 aromatic carbocycles. The average Bonchev–Trinajstić information content (AvgIpc) is 3.39. The van der Waals surface area contributed by atoms with Crippen LogP contribution in [0.5, 0.6) is 17.2 Å². The monoisotopic (exact) mass is 494 g/mol. The first-order chi connectivity index (χ1) is 17.0. The van der Waals surface area contributed by atoms with E-state index in [1.807, 2.05) is 30.3 Å². The number of imide groups is 1. The third-order valence-corrected chi connectivity index (χ3v) is 6.48. The van der Waals surface area contributed by atoms with E-state index in [2.05, 4.69) is 0 Å². The summed E-state index contributed by atoms with van der Waals surface area (Å²) in [6.07, 6.45) is -1.02. The maximum atomic E-state index is 13.8. The highest BCUT2D eigenvalue weighted by molar-refractivity contribution is 6.31. The molecular formula is C26H23ClN2O6. The Labute approximate surface area is 207 Å². The van der Waals surface area contributed by atoms with Crippen LogP contribution in [-0.2, 0) is 14.4 Å². The van der Waals surface area contributed by atoms with Crippen LogP contribution >= 0.6 is 11.6 Å². The molecule has 2 heterocycles. The summed E-state index contributed by atoms with van der Waals surface area (Å²) in [6.45, 7) is 0. The van der Waals surface area contributed by atoms with Crippen LogP contribution in [0.1, 0.15) is 11.6 Å². The molecule has 0 N–H and O–H groups in total. The van der Waals surface area contributed by atoms with Gasteiger partial charge < -0.3 is 14.2 Å². The Balaban J connectivity index is 1.66. The highest BCUT2D eigenvalue weighted by Crippen LogP contribution is 2.52. The second-order valence-electron chi connectivity index (χ2n) is 8.07. The molecule has 3 atom stereocenters. The Morgan fingerprint density at radius 3 is 2.17 bits per heavy atom. The van der Waals surface area contributed by atoms with Crippen LogP contribution in [0.3, 0.4) is 0 Å². The number of hydroxylamine groups is 1. The van der Waals surface area contributed by atoms with Gasteiger partial charge in [-0.15, -0.1) is 0 Å². The number of carbonyl (C=O) groups excluding carboxylic acids is 2. The summed E-state index contributed by atoms with van der Waals surface area (Å²) in [4.78, 5) is 34.6. The van der Waals surface area contributed by atoms with E-state index in [1.54, 1.807) is 41.5 Å². The summed E-state index contributed by atoms with van der Waals surface area (Å²) in [6, 6.07) is 18.8. The molecule has 2 aliphatic heterocycles. The number of hydrogen-bond donors (Lipinski definition) is 0. The Bertz CT molecular complexity index is 1280. The molecule has 0 unspecified atom stereocenters.